The number of hydrogen-bond donors (Lipinski definition) is 3. The van der Waals surface area contributed by atoms with Crippen LogP contribution in [0, 0.1) is 19.7 Å². The molecule has 4 rings (SSSR count). The molecule has 0 bridgehead atoms. The van der Waals surface area contributed by atoms with E-state index in [-0.39, 0.29) is 18.1 Å². The Morgan fingerprint density at radius 3 is 2.56 bits per heavy atom. The predicted molar refractivity (Wildman–Crippen MR) is 120 cm³/mol. The van der Waals surface area contributed by atoms with Crippen molar-refractivity contribution in [3.8, 4) is 5.69 Å². The Labute approximate surface area is 188 Å². The maximum atomic E-state index is 13.2. The Morgan fingerprint density at radius 1 is 1.09 bits per heavy atom. The molecule has 1 atom stereocenters. The third-order valence-corrected chi connectivity index (χ3v) is 6.43. The monoisotopic (exact) mass is 452 g/mol. The van der Waals surface area contributed by atoms with Crippen LogP contribution < -0.4 is 16.2 Å². The summed E-state index contributed by atoms with van der Waals surface area (Å²) < 4.78 is 15.1. The first kappa shape index (κ1) is 21.6. The van der Waals surface area contributed by atoms with Crippen LogP contribution >= 0.6 is 11.8 Å². The molecule has 32 heavy (non-hydrogen) atoms. The van der Waals surface area contributed by atoms with Gasteiger partial charge in [-0.25, -0.2) is 4.39 Å². The van der Waals surface area contributed by atoms with Crippen molar-refractivity contribution in [3.05, 3.63) is 77.4 Å². The number of hydrazine groups is 1. The molecule has 164 valence electrons. The molecule has 1 unspecified atom stereocenters. The molecule has 0 radical (unpaired) electrons. The van der Waals surface area contributed by atoms with Crippen LogP contribution in [0.4, 0.5) is 10.1 Å². The number of anilines is 1. The molecule has 7 nitrogen and oxygen atoms in total. The van der Waals surface area contributed by atoms with Gasteiger partial charge < -0.3 is 9.88 Å². The van der Waals surface area contributed by atoms with Crippen molar-refractivity contribution in [1.82, 2.24) is 15.4 Å². The molecule has 2 aromatic carbocycles. The number of rotatable bonds is 4. The third kappa shape index (κ3) is 4.38. The Hall–Kier alpha value is -3.59. The fourth-order valence-corrected chi connectivity index (χ4v) is 4.73. The number of carbonyl (C=O) groups is 3. The fourth-order valence-electron chi connectivity index (χ4n) is 3.62. The van der Waals surface area contributed by atoms with Crippen LogP contribution in [0.1, 0.15) is 28.2 Å². The first-order valence-electron chi connectivity index (χ1n) is 9.94. The molecular formula is C23H21FN4O3S. The van der Waals surface area contributed by atoms with Crippen molar-refractivity contribution < 1.29 is 18.8 Å². The SMILES string of the molecule is Cc1cc(C(=O)NNC(=O)CC2Sc3ccccc3NC2=O)c(C)n1-c1ccc(F)cc1. The van der Waals surface area contributed by atoms with E-state index in [0.29, 0.717) is 11.3 Å². The summed E-state index contributed by atoms with van der Waals surface area (Å²) in [5.41, 5.74) is 8.07. The number of hydrogen-bond acceptors (Lipinski definition) is 4. The number of aryl methyl sites for hydroxylation is 1. The lowest BCUT2D eigenvalue weighted by molar-refractivity contribution is -0.124. The number of amides is 3. The van der Waals surface area contributed by atoms with Gasteiger partial charge in [-0.15, -0.1) is 11.8 Å². The molecule has 3 aromatic rings. The Morgan fingerprint density at radius 2 is 1.81 bits per heavy atom. The van der Waals surface area contributed by atoms with Gasteiger partial charge >= 0.3 is 0 Å². The second-order valence-corrected chi connectivity index (χ2v) is 8.64. The highest BCUT2D eigenvalue weighted by Crippen LogP contribution is 2.36. The number of nitrogens with one attached hydrogen (secondary N) is 3. The standard InChI is InChI=1S/C23H21FN4O3S/c1-13-11-17(14(2)28(13)16-9-7-15(24)8-10-16)22(30)27-26-21(29)12-20-23(31)25-18-5-3-4-6-19(18)32-20/h3-11,20H,12H2,1-2H3,(H,25,31)(H,26,29)(H,27,30). The number of carbonyl (C=O) groups excluding carboxylic acids is 3. The van der Waals surface area contributed by atoms with Crippen LogP contribution in [0.25, 0.3) is 5.69 Å². The van der Waals surface area contributed by atoms with Crippen LogP contribution in [0.2, 0.25) is 0 Å². The minimum Gasteiger partial charge on any atom is -0.324 e. The number of nitrogens with zero attached hydrogens (tertiary/aromatic N) is 1. The lowest BCUT2D eigenvalue weighted by Crippen LogP contribution is -2.44. The molecule has 3 N–H and O–H groups in total. The molecule has 0 aliphatic carbocycles. The number of para-hydroxylation sites is 1. The van der Waals surface area contributed by atoms with Gasteiger partial charge in [0.25, 0.3) is 5.91 Å². The van der Waals surface area contributed by atoms with Gasteiger partial charge in [-0.1, -0.05) is 12.1 Å². The summed E-state index contributed by atoms with van der Waals surface area (Å²) in [7, 11) is 0. The Kier molecular flexibility index (Phi) is 6.00. The summed E-state index contributed by atoms with van der Waals surface area (Å²) >= 11 is 1.31. The first-order chi connectivity index (χ1) is 15.3. The number of thioether (sulfide) groups is 1. The summed E-state index contributed by atoms with van der Waals surface area (Å²) in [4.78, 5) is 38.2. The second-order valence-electron chi connectivity index (χ2n) is 7.39. The van der Waals surface area contributed by atoms with Gasteiger partial charge in [0, 0.05) is 28.4 Å². The largest absolute Gasteiger partial charge is 0.324 e. The molecule has 0 saturated heterocycles. The molecule has 9 heteroatoms. The molecule has 1 aliphatic heterocycles. The molecular weight excluding hydrogens is 431 g/mol. The zero-order chi connectivity index (χ0) is 22.8. The maximum absolute atomic E-state index is 13.2. The fraction of sp³-hybridized carbons (Fsp3) is 0.174. The highest BCUT2D eigenvalue weighted by atomic mass is 32.2. The zero-order valence-electron chi connectivity index (χ0n) is 17.4. The van der Waals surface area contributed by atoms with E-state index < -0.39 is 17.1 Å². The minimum absolute atomic E-state index is 0.0836. The topological polar surface area (TPSA) is 92.2 Å². The average Bonchev–Trinajstić information content (AvgIpc) is 3.07. The summed E-state index contributed by atoms with van der Waals surface area (Å²) in [5, 5.41) is 2.20. The van der Waals surface area contributed by atoms with Crippen molar-refractivity contribution in [3.63, 3.8) is 0 Å². The normalized spacial score (nSPS) is 15.0. The highest BCUT2D eigenvalue weighted by Gasteiger charge is 2.29. The summed E-state index contributed by atoms with van der Waals surface area (Å²) in [6.45, 7) is 3.61. The van der Waals surface area contributed by atoms with Crippen molar-refractivity contribution in [2.45, 2.75) is 30.4 Å². The van der Waals surface area contributed by atoms with Gasteiger partial charge in [-0.2, -0.15) is 0 Å². The van der Waals surface area contributed by atoms with Gasteiger partial charge in [-0.3, -0.25) is 25.2 Å². The van der Waals surface area contributed by atoms with Gasteiger partial charge in [0.05, 0.1) is 16.5 Å². The van der Waals surface area contributed by atoms with E-state index in [4.69, 9.17) is 0 Å². The van der Waals surface area contributed by atoms with Gasteiger partial charge in [0.2, 0.25) is 11.8 Å². The number of aromatic nitrogens is 1. The molecule has 3 amide bonds. The molecule has 0 spiro atoms. The number of benzene rings is 2. The van der Waals surface area contributed by atoms with Crippen molar-refractivity contribution in [1.29, 1.82) is 0 Å². The lowest BCUT2D eigenvalue weighted by Gasteiger charge is -2.23. The van der Waals surface area contributed by atoms with Crippen LogP contribution in [0.5, 0.6) is 0 Å². The van der Waals surface area contributed by atoms with Gasteiger partial charge in [0.1, 0.15) is 5.82 Å². The average molecular weight is 453 g/mol. The van der Waals surface area contributed by atoms with E-state index in [1.54, 1.807) is 31.2 Å². The van der Waals surface area contributed by atoms with Crippen molar-refractivity contribution in [2.75, 3.05) is 5.32 Å². The highest BCUT2D eigenvalue weighted by molar-refractivity contribution is 8.01. The molecule has 1 aromatic heterocycles. The van der Waals surface area contributed by atoms with E-state index in [1.165, 1.54) is 23.9 Å². The van der Waals surface area contributed by atoms with E-state index in [9.17, 15) is 18.8 Å². The summed E-state index contributed by atoms with van der Waals surface area (Å²) in [5.74, 6) is -1.55. The van der Waals surface area contributed by atoms with Crippen LogP contribution in [0.15, 0.2) is 59.5 Å². The van der Waals surface area contributed by atoms with Crippen LogP contribution in [0.3, 0.4) is 0 Å². The van der Waals surface area contributed by atoms with Crippen molar-refractivity contribution in [2.24, 2.45) is 0 Å². The van der Waals surface area contributed by atoms with Gasteiger partial charge in [0.15, 0.2) is 0 Å². The van der Waals surface area contributed by atoms with E-state index >= 15 is 0 Å². The Balaban J connectivity index is 1.39. The number of halogens is 1. The first-order valence-corrected chi connectivity index (χ1v) is 10.8. The second kappa shape index (κ2) is 8.88. The third-order valence-electron chi connectivity index (χ3n) is 5.15. The molecule has 2 heterocycles. The van der Waals surface area contributed by atoms with E-state index in [0.717, 1.165) is 22.0 Å². The number of fused-ring (bicyclic) bond motifs is 1. The molecule has 1 aliphatic rings. The maximum Gasteiger partial charge on any atom is 0.271 e. The molecule has 0 fully saturated rings. The van der Waals surface area contributed by atoms with Crippen molar-refractivity contribution >= 4 is 35.2 Å². The van der Waals surface area contributed by atoms with Gasteiger partial charge in [-0.05, 0) is 56.3 Å². The Bertz CT molecular complexity index is 1210. The zero-order valence-corrected chi connectivity index (χ0v) is 18.3. The lowest BCUT2D eigenvalue weighted by atomic mass is 10.2. The van der Waals surface area contributed by atoms with E-state index in [1.807, 2.05) is 29.7 Å². The van der Waals surface area contributed by atoms with Crippen LogP contribution in [-0.2, 0) is 9.59 Å². The molecule has 0 saturated carbocycles. The minimum atomic E-state index is -0.592. The summed E-state index contributed by atoms with van der Waals surface area (Å²) in [6.07, 6.45) is -0.0836. The smallest absolute Gasteiger partial charge is 0.271 e. The van der Waals surface area contributed by atoms with E-state index in [2.05, 4.69) is 16.2 Å². The predicted octanol–water partition coefficient (Wildman–Crippen LogP) is 3.50. The van der Waals surface area contributed by atoms with Crippen LogP contribution in [-0.4, -0.2) is 27.5 Å². The summed E-state index contributed by atoms with van der Waals surface area (Å²) in [6, 6.07) is 15.0. The quantitative estimate of drug-likeness (QED) is 0.529.